The number of carbonyl (C=O) groups excluding carboxylic acids is 3. The summed E-state index contributed by atoms with van der Waals surface area (Å²) in [4.78, 5) is 41.2. The molecule has 1 aromatic carbocycles. The number of ether oxygens (including phenoxy) is 5. The van der Waals surface area contributed by atoms with Crippen LogP contribution in [-0.4, -0.2) is 48.1 Å². The van der Waals surface area contributed by atoms with Gasteiger partial charge in [-0.15, -0.1) is 0 Å². The highest BCUT2D eigenvalue weighted by atomic mass is 16.7. The first-order chi connectivity index (χ1) is 17.9. The molecule has 10 nitrogen and oxygen atoms in total. The third-order valence-corrected chi connectivity index (χ3v) is 6.88. The standard InChI is InChI=1S/C28H36N2O8/c1-15(31)35-25-23(17-7-9-18(10-8-17)30-27(33)38-28(3,4)5)26(36-16(2)32)37-22-14-29-21-12-11-19(34-6)13-20(21)24(22)25/h11-14,17-18,23,25-26H,7-10H2,1-6H3,(H,30,33). The summed E-state index contributed by atoms with van der Waals surface area (Å²) in [5.74, 6) is -0.415. The van der Waals surface area contributed by atoms with Crippen LogP contribution in [0.3, 0.4) is 0 Å². The van der Waals surface area contributed by atoms with Gasteiger partial charge in [0, 0.05) is 30.8 Å². The van der Waals surface area contributed by atoms with Gasteiger partial charge in [-0.05, 0) is 70.6 Å². The van der Waals surface area contributed by atoms with Gasteiger partial charge in [-0.25, -0.2) is 4.79 Å². The number of benzene rings is 1. The fourth-order valence-corrected chi connectivity index (χ4v) is 5.40. The zero-order valence-electron chi connectivity index (χ0n) is 22.7. The smallest absolute Gasteiger partial charge is 0.407 e. The van der Waals surface area contributed by atoms with Crippen molar-refractivity contribution < 1.29 is 38.1 Å². The molecule has 0 radical (unpaired) electrons. The Morgan fingerprint density at radius 1 is 1.03 bits per heavy atom. The van der Waals surface area contributed by atoms with Crippen LogP contribution in [0.15, 0.2) is 24.4 Å². The number of aromatic nitrogens is 1. The number of methoxy groups -OCH3 is 1. The second-order valence-electron chi connectivity index (χ2n) is 10.9. The van der Waals surface area contributed by atoms with E-state index in [1.807, 2.05) is 39.0 Å². The number of pyridine rings is 1. The molecule has 1 fully saturated rings. The number of amides is 1. The molecule has 1 aliphatic heterocycles. The number of nitrogens with one attached hydrogen (secondary N) is 1. The summed E-state index contributed by atoms with van der Waals surface area (Å²) in [5.41, 5.74) is 0.787. The quantitative estimate of drug-likeness (QED) is 0.429. The van der Waals surface area contributed by atoms with Crippen molar-refractivity contribution in [3.05, 3.63) is 30.0 Å². The number of hydrogen-bond acceptors (Lipinski definition) is 9. The number of hydrogen-bond donors (Lipinski definition) is 1. The Bertz CT molecular complexity index is 1200. The molecule has 0 saturated heterocycles. The van der Waals surface area contributed by atoms with E-state index < -0.39 is 41.9 Å². The second-order valence-corrected chi connectivity index (χ2v) is 10.9. The van der Waals surface area contributed by atoms with Crippen LogP contribution >= 0.6 is 0 Å². The highest BCUT2D eigenvalue weighted by Crippen LogP contribution is 2.50. The van der Waals surface area contributed by atoms with E-state index in [1.165, 1.54) is 13.8 Å². The summed E-state index contributed by atoms with van der Waals surface area (Å²) in [6.07, 6.45) is 2.20. The molecule has 38 heavy (non-hydrogen) atoms. The molecular weight excluding hydrogens is 492 g/mol. The molecular formula is C28H36N2O8. The van der Waals surface area contributed by atoms with Crippen LogP contribution in [0.5, 0.6) is 11.5 Å². The minimum Gasteiger partial charge on any atom is -0.497 e. The van der Waals surface area contributed by atoms with Crippen LogP contribution in [0.1, 0.15) is 72.0 Å². The molecule has 1 aliphatic carbocycles. The van der Waals surface area contributed by atoms with Gasteiger partial charge in [-0.3, -0.25) is 14.6 Å². The van der Waals surface area contributed by atoms with Gasteiger partial charge >= 0.3 is 18.0 Å². The van der Waals surface area contributed by atoms with E-state index in [0.717, 1.165) is 5.39 Å². The van der Waals surface area contributed by atoms with Crippen molar-refractivity contribution in [2.75, 3.05) is 7.11 Å². The van der Waals surface area contributed by atoms with Gasteiger partial charge in [0.25, 0.3) is 6.29 Å². The van der Waals surface area contributed by atoms with Gasteiger partial charge in [0.05, 0.1) is 24.7 Å². The molecule has 0 spiro atoms. The SMILES string of the molecule is COc1ccc2ncc3c(c2c1)C(OC(C)=O)C(C1CCC(NC(=O)OC(C)(C)C)CC1)C(OC(C)=O)O3. The molecule has 1 saturated carbocycles. The average Bonchev–Trinajstić information content (AvgIpc) is 2.82. The van der Waals surface area contributed by atoms with Crippen molar-refractivity contribution in [2.45, 2.75) is 84.3 Å². The number of carbonyl (C=O) groups is 3. The highest BCUT2D eigenvalue weighted by molar-refractivity contribution is 5.86. The summed E-state index contributed by atoms with van der Waals surface area (Å²) >= 11 is 0. The zero-order chi connectivity index (χ0) is 27.6. The lowest BCUT2D eigenvalue weighted by Crippen LogP contribution is -2.47. The van der Waals surface area contributed by atoms with Crippen LogP contribution in [-0.2, 0) is 23.8 Å². The van der Waals surface area contributed by atoms with Gasteiger partial charge in [0.15, 0.2) is 0 Å². The monoisotopic (exact) mass is 528 g/mol. The summed E-state index contributed by atoms with van der Waals surface area (Å²) in [7, 11) is 1.58. The van der Waals surface area contributed by atoms with Crippen LogP contribution in [0.25, 0.3) is 10.9 Å². The summed E-state index contributed by atoms with van der Waals surface area (Å²) < 4.78 is 28.6. The number of rotatable bonds is 5. The Balaban J connectivity index is 1.66. The molecule has 4 rings (SSSR count). The average molecular weight is 529 g/mol. The van der Waals surface area contributed by atoms with E-state index >= 15 is 0 Å². The molecule has 3 unspecified atom stereocenters. The van der Waals surface area contributed by atoms with Crippen LogP contribution in [0.4, 0.5) is 4.79 Å². The fourth-order valence-electron chi connectivity index (χ4n) is 5.40. The Morgan fingerprint density at radius 2 is 1.71 bits per heavy atom. The molecule has 1 N–H and O–H groups in total. The minimum atomic E-state index is -0.963. The van der Waals surface area contributed by atoms with E-state index in [4.69, 9.17) is 23.7 Å². The first-order valence-electron chi connectivity index (χ1n) is 12.9. The third kappa shape index (κ3) is 6.28. The van der Waals surface area contributed by atoms with Crippen molar-refractivity contribution in [1.82, 2.24) is 10.3 Å². The van der Waals surface area contributed by atoms with Crippen molar-refractivity contribution in [3.8, 4) is 11.5 Å². The third-order valence-electron chi connectivity index (χ3n) is 6.88. The Morgan fingerprint density at radius 3 is 2.32 bits per heavy atom. The Kier molecular flexibility index (Phi) is 7.99. The van der Waals surface area contributed by atoms with Gasteiger partial charge in [-0.2, -0.15) is 0 Å². The van der Waals surface area contributed by atoms with E-state index in [9.17, 15) is 14.4 Å². The maximum atomic E-state index is 12.4. The molecule has 1 aromatic heterocycles. The van der Waals surface area contributed by atoms with Crippen LogP contribution in [0.2, 0.25) is 0 Å². The lowest BCUT2D eigenvalue weighted by Gasteiger charge is -2.44. The summed E-state index contributed by atoms with van der Waals surface area (Å²) in [6, 6.07) is 5.43. The maximum absolute atomic E-state index is 12.4. The number of fused-ring (bicyclic) bond motifs is 3. The predicted octanol–water partition coefficient (Wildman–Crippen LogP) is 4.83. The molecule has 2 aromatic rings. The van der Waals surface area contributed by atoms with E-state index in [-0.39, 0.29) is 12.0 Å². The van der Waals surface area contributed by atoms with Crippen molar-refractivity contribution in [2.24, 2.45) is 11.8 Å². The Hall–Kier alpha value is -3.56. The van der Waals surface area contributed by atoms with Crippen molar-refractivity contribution in [3.63, 3.8) is 0 Å². The van der Waals surface area contributed by atoms with Gasteiger partial charge in [0.2, 0.25) is 0 Å². The molecule has 2 heterocycles. The normalized spacial score (nSPS) is 24.9. The van der Waals surface area contributed by atoms with E-state index in [1.54, 1.807) is 13.3 Å². The largest absolute Gasteiger partial charge is 0.497 e. The molecule has 0 bridgehead atoms. The van der Waals surface area contributed by atoms with Gasteiger partial charge < -0.3 is 29.0 Å². The molecule has 10 heteroatoms. The molecule has 3 atom stereocenters. The summed E-state index contributed by atoms with van der Waals surface area (Å²) in [6.45, 7) is 8.15. The maximum Gasteiger partial charge on any atom is 0.407 e. The van der Waals surface area contributed by atoms with E-state index in [2.05, 4.69) is 10.3 Å². The molecule has 2 aliphatic rings. The van der Waals surface area contributed by atoms with Crippen molar-refractivity contribution in [1.29, 1.82) is 0 Å². The fraction of sp³-hybridized carbons (Fsp3) is 0.571. The number of esters is 2. The minimum absolute atomic E-state index is 0.0117. The highest BCUT2D eigenvalue weighted by Gasteiger charge is 2.48. The first kappa shape index (κ1) is 27.5. The van der Waals surface area contributed by atoms with Gasteiger partial charge in [-0.1, -0.05) is 0 Å². The lowest BCUT2D eigenvalue weighted by molar-refractivity contribution is -0.196. The second kappa shape index (κ2) is 11.0. The van der Waals surface area contributed by atoms with Crippen LogP contribution in [0, 0.1) is 11.8 Å². The predicted molar refractivity (Wildman–Crippen MR) is 138 cm³/mol. The van der Waals surface area contributed by atoms with Gasteiger partial charge in [0.1, 0.15) is 23.2 Å². The first-order valence-corrected chi connectivity index (χ1v) is 12.9. The number of alkyl carbamates (subject to hydrolysis) is 1. The van der Waals surface area contributed by atoms with E-state index in [0.29, 0.717) is 48.3 Å². The van der Waals surface area contributed by atoms with Crippen LogP contribution < -0.4 is 14.8 Å². The lowest BCUT2D eigenvalue weighted by atomic mass is 9.73. The van der Waals surface area contributed by atoms with Crippen molar-refractivity contribution >= 4 is 28.9 Å². The molecule has 1 amide bonds. The Labute approximate surface area is 222 Å². The topological polar surface area (TPSA) is 122 Å². The summed E-state index contributed by atoms with van der Waals surface area (Å²) in [5, 5.41) is 3.69. The zero-order valence-corrected chi connectivity index (χ0v) is 22.7. The molecule has 206 valence electrons. The number of nitrogens with zero attached hydrogens (tertiary/aromatic N) is 1.